The van der Waals surface area contributed by atoms with E-state index in [-0.39, 0.29) is 5.78 Å². The topological polar surface area (TPSA) is 59.3 Å². The van der Waals surface area contributed by atoms with Crippen molar-refractivity contribution < 1.29 is 14.7 Å². The number of Topliss-reactive ketones (excluding diaryl/α,β-unsaturated/α-hetero) is 1. The SMILES string of the molecule is CCCC(=O)c1ccn(CC(C)(C)C(=O)O)c1. The molecule has 0 fully saturated rings. The number of hydrogen-bond donors (Lipinski definition) is 1. The number of carboxylic acid groups (broad SMARTS) is 1. The molecule has 17 heavy (non-hydrogen) atoms. The van der Waals surface area contributed by atoms with Gasteiger partial charge in [-0.3, -0.25) is 9.59 Å². The fourth-order valence-electron chi connectivity index (χ4n) is 1.60. The highest BCUT2D eigenvalue weighted by Crippen LogP contribution is 2.19. The third-order valence-corrected chi connectivity index (χ3v) is 2.71. The van der Waals surface area contributed by atoms with Gasteiger partial charge in [-0.1, -0.05) is 6.92 Å². The van der Waals surface area contributed by atoms with Crippen LogP contribution in [-0.2, 0) is 11.3 Å². The minimum absolute atomic E-state index is 0.111. The molecule has 0 radical (unpaired) electrons. The quantitative estimate of drug-likeness (QED) is 0.773. The Morgan fingerprint density at radius 1 is 1.41 bits per heavy atom. The molecule has 0 saturated carbocycles. The van der Waals surface area contributed by atoms with Crippen LogP contribution in [0, 0.1) is 5.41 Å². The zero-order valence-electron chi connectivity index (χ0n) is 10.6. The Balaban J connectivity index is 2.75. The van der Waals surface area contributed by atoms with Crippen molar-refractivity contribution >= 4 is 11.8 Å². The summed E-state index contributed by atoms with van der Waals surface area (Å²) in [7, 11) is 0. The first-order valence-electron chi connectivity index (χ1n) is 5.79. The van der Waals surface area contributed by atoms with Gasteiger partial charge >= 0.3 is 5.97 Å². The summed E-state index contributed by atoms with van der Waals surface area (Å²) in [5, 5.41) is 9.02. The molecule has 0 saturated heterocycles. The molecule has 0 unspecified atom stereocenters. The van der Waals surface area contributed by atoms with Gasteiger partial charge in [-0.25, -0.2) is 0 Å². The lowest BCUT2D eigenvalue weighted by molar-refractivity contribution is -0.147. The predicted molar refractivity (Wildman–Crippen MR) is 65.1 cm³/mol. The van der Waals surface area contributed by atoms with Crippen molar-refractivity contribution in [1.82, 2.24) is 4.57 Å². The Morgan fingerprint density at radius 3 is 2.59 bits per heavy atom. The predicted octanol–water partition coefficient (Wildman–Crippen LogP) is 2.58. The normalized spacial score (nSPS) is 11.5. The summed E-state index contributed by atoms with van der Waals surface area (Å²) in [6, 6.07) is 1.75. The molecule has 4 nitrogen and oxygen atoms in total. The molecule has 4 heteroatoms. The second-order valence-corrected chi connectivity index (χ2v) is 4.93. The van der Waals surface area contributed by atoms with Gasteiger partial charge < -0.3 is 9.67 Å². The minimum atomic E-state index is -0.840. The van der Waals surface area contributed by atoms with Crippen molar-refractivity contribution in [1.29, 1.82) is 0 Å². The highest BCUT2D eigenvalue weighted by atomic mass is 16.4. The highest BCUT2D eigenvalue weighted by Gasteiger charge is 2.27. The summed E-state index contributed by atoms with van der Waals surface area (Å²) in [5.41, 5.74) is -0.169. The zero-order valence-corrected chi connectivity index (χ0v) is 10.6. The van der Waals surface area contributed by atoms with Crippen LogP contribution in [0.4, 0.5) is 0 Å². The van der Waals surface area contributed by atoms with E-state index in [2.05, 4.69) is 0 Å². The number of nitrogens with zero attached hydrogens (tertiary/aromatic N) is 1. The molecule has 0 aliphatic rings. The van der Waals surface area contributed by atoms with Crippen molar-refractivity contribution in [3.63, 3.8) is 0 Å². The van der Waals surface area contributed by atoms with Gasteiger partial charge in [-0.05, 0) is 26.3 Å². The van der Waals surface area contributed by atoms with Crippen molar-refractivity contribution in [3.05, 3.63) is 24.0 Å². The van der Waals surface area contributed by atoms with E-state index in [1.165, 1.54) is 0 Å². The van der Waals surface area contributed by atoms with Crippen LogP contribution < -0.4 is 0 Å². The van der Waals surface area contributed by atoms with E-state index >= 15 is 0 Å². The van der Waals surface area contributed by atoms with Crippen LogP contribution in [0.5, 0.6) is 0 Å². The molecule has 0 aromatic carbocycles. The molecule has 0 aliphatic carbocycles. The van der Waals surface area contributed by atoms with Crippen molar-refractivity contribution in [3.8, 4) is 0 Å². The third-order valence-electron chi connectivity index (χ3n) is 2.71. The maximum absolute atomic E-state index is 11.6. The van der Waals surface area contributed by atoms with Crippen molar-refractivity contribution in [2.24, 2.45) is 5.41 Å². The molecule has 1 heterocycles. The van der Waals surface area contributed by atoms with Gasteiger partial charge in [-0.2, -0.15) is 0 Å². The Labute approximate surface area is 101 Å². The Hall–Kier alpha value is -1.58. The van der Waals surface area contributed by atoms with Crippen LogP contribution in [-0.4, -0.2) is 21.4 Å². The van der Waals surface area contributed by atoms with Crippen LogP contribution in [0.2, 0.25) is 0 Å². The fourth-order valence-corrected chi connectivity index (χ4v) is 1.60. The Bertz CT molecular complexity index is 418. The number of aliphatic carboxylic acids is 1. The van der Waals surface area contributed by atoms with Gasteiger partial charge in [0.25, 0.3) is 0 Å². The average Bonchev–Trinajstić information content (AvgIpc) is 2.65. The van der Waals surface area contributed by atoms with Gasteiger partial charge in [0.2, 0.25) is 0 Å². The Kier molecular flexibility index (Phi) is 4.10. The number of hydrogen-bond acceptors (Lipinski definition) is 2. The number of rotatable bonds is 6. The molecule has 0 spiro atoms. The largest absolute Gasteiger partial charge is 0.481 e. The lowest BCUT2D eigenvalue weighted by atomic mass is 9.94. The van der Waals surface area contributed by atoms with Crippen LogP contribution >= 0.6 is 0 Å². The third kappa shape index (κ3) is 3.44. The summed E-state index contributed by atoms with van der Waals surface area (Å²) >= 11 is 0. The first kappa shape index (κ1) is 13.5. The van der Waals surface area contributed by atoms with E-state index in [1.54, 1.807) is 36.9 Å². The summed E-state index contributed by atoms with van der Waals surface area (Å²) in [5.74, 6) is -0.730. The second-order valence-electron chi connectivity index (χ2n) is 4.93. The lowest BCUT2D eigenvalue weighted by Gasteiger charge is -2.19. The first-order chi connectivity index (χ1) is 7.86. The molecule has 0 bridgehead atoms. The molecule has 1 aromatic heterocycles. The molecule has 1 N–H and O–H groups in total. The van der Waals surface area contributed by atoms with Gasteiger partial charge in [0.1, 0.15) is 0 Å². The van der Waals surface area contributed by atoms with Gasteiger partial charge in [0.05, 0.1) is 5.41 Å². The average molecular weight is 237 g/mol. The summed E-state index contributed by atoms with van der Waals surface area (Å²) in [6.07, 6.45) is 4.84. The number of carbonyl (C=O) groups excluding carboxylic acids is 1. The molecule has 0 amide bonds. The molecule has 0 aliphatic heterocycles. The van der Waals surface area contributed by atoms with Crippen LogP contribution in [0.1, 0.15) is 44.0 Å². The molecule has 1 rings (SSSR count). The number of aromatic nitrogens is 1. The summed E-state index contributed by atoms with van der Waals surface area (Å²) in [4.78, 5) is 22.6. The maximum atomic E-state index is 11.6. The molecular weight excluding hydrogens is 218 g/mol. The second kappa shape index (κ2) is 5.17. The molecule has 94 valence electrons. The van der Waals surface area contributed by atoms with Crippen molar-refractivity contribution in [2.45, 2.75) is 40.2 Å². The zero-order chi connectivity index (χ0) is 13.1. The van der Waals surface area contributed by atoms with E-state index < -0.39 is 11.4 Å². The monoisotopic (exact) mass is 237 g/mol. The first-order valence-corrected chi connectivity index (χ1v) is 5.79. The molecule has 0 atom stereocenters. The molecule has 1 aromatic rings. The van der Waals surface area contributed by atoms with Crippen LogP contribution in [0.3, 0.4) is 0 Å². The number of ketones is 1. The van der Waals surface area contributed by atoms with E-state index in [4.69, 9.17) is 5.11 Å². The van der Waals surface area contributed by atoms with Gasteiger partial charge in [0.15, 0.2) is 5.78 Å². The highest BCUT2D eigenvalue weighted by molar-refractivity contribution is 5.95. The van der Waals surface area contributed by atoms with E-state index in [0.717, 1.165) is 6.42 Å². The summed E-state index contributed by atoms with van der Waals surface area (Å²) in [6.45, 7) is 5.66. The number of carboxylic acids is 1. The standard InChI is InChI=1S/C13H19NO3/c1-4-5-11(15)10-6-7-14(8-10)9-13(2,3)12(16)17/h6-8H,4-5,9H2,1-3H3,(H,16,17). The van der Waals surface area contributed by atoms with Gasteiger partial charge in [0, 0.05) is 30.9 Å². The van der Waals surface area contributed by atoms with Crippen LogP contribution in [0.25, 0.3) is 0 Å². The summed E-state index contributed by atoms with van der Waals surface area (Å²) < 4.78 is 1.76. The lowest BCUT2D eigenvalue weighted by Crippen LogP contribution is -2.28. The van der Waals surface area contributed by atoms with E-state index in [9.17, 15) is 9.59 Å². The fraction of sp³-hybridized carbons (Fsp3) is 0.538. The maximum Gasteiger partial charge on any atom is 0.310 e. The van der Waals surface area contributed by atoms with Crippen molar-refractivity contribution in [2.75, 3.05) is 0 Å². The number of carbonyl (C=O) groups is 2. The van der Waals surface area contributed by atoms with E-state index in [1.807, 2.05) is 6.92 Å². The smallest absolute Gasteiger partial charge is 0.310 e. The van der Waals surface area contributed by atoms with E-state index in [0.29, 0.717) is 18.5 Å². The Morgan fingerprint density at radius 2 is 2.06 bits per heavy atom. The van der Waals surface area contributed by atoms with Gasteiger partial charge in [-0.15, -0.1) is 0 Å². The van der Waals surface area contributed by atoms with Crippen LogP contribution in [0.15, 0.2) is 18.5 Å². The molecular formula is C13H19NO3. The minimum Gasteiger partial charge on any atom is -0.481 e.